The number of anilines is 1. The van der Waals surface area contributed by atoms with E-state index >= 15 is 0 Å². The molecule has 1 aromatic rings. The van der Waals surface area contributed by atoms with Crippen molar-refractivity contribution in [1.82, 2.24) is 0 Å². The van der Waals surface area contributed by atoms with Gasteiger partial charge in [-0.05, 0) is 30.7 Å². The molecule has 0 fully saturated rings. The van der Waals surface area contributed by atoms with Crippen LogP contribution in [-0.4, -0.2) is 12.6 Å². The summed E-state index contributed by atoms with van der Waals surface area (Å²) >= 11 is 5.77. The van der Waals surface area contributed by atoms with Gasteiger partial charge < -0.3 is 10.5 Å². The number of benzene rings is 1. The zero-order valence-electron chi connectivity index (χ0n) is 7.92. The first-order valence-corrected chi connectivity index (χ1v) is 4.70. The normalized spacial score (nSPS) is 9.86. The second-order valence-corrected chi connectivity index (χ2v) is 3.26. The monoisotopic (exact) mass is 213 g/mol. The minimum absolute atomic E-state index is 0.167. The summed E-state index contributed by atoms with van der Waals surface area (Å²) in [7, 11) is 0. The van der Waals surface area contributed by atoms with Gasteiger partial charge in [-0.25, -0.2) is 0 Å². The van der Waals surface area contributed by atoms with Crippen LogP contribution in [0, 0.1) is 0 Å². The average molecular weight is 214 g/mol. The van der Waals surface area contributed by atoms with Crippen molar-refractivity contribution in [3.05, 3.63) is 28.8 Å². The lowest BCUT2D eigenvalue weighted by Gasteiger charge is -2.05. The van der Waals surface area contributed by atoms with E-state index in [2.05, 4.69) is 0 Å². The first-order valence-electron chi connectivity index (χ1n) is 4.33. The molecule has 0 radical (unpaired) electrons. The van der Waals surface area contributed by atoms with Crippen LogP contribution in [0.2, 0.25) is 5.02 Å². The van der Waals surface area contributed by atoms with Crippen LogP contribution < -0.4 is 5.73 Å². The van der Waals surface area contributed by atoms with E-state index in [-0.39, 0.29) is 12.4 Å². The van der Waals surface area contributed by atoms with E-state index in [0.717, 1.165) is 0 Å². The molecule has 3 nitrogen and oxygen atoms in total. The summed E-state index contributed by atoms with van der Waals surface area (Å²) in [6.07, 6.45) is 0.167. The Hall–Kier alpha value is -1.22. The van der Waals surface area contributed by atoms with E-state index < -0.39 is 0 Å². The maximum atomic E-state index is 11.2. The van der Waals surface area contributed by atoms with Gasteiger partial charge in [-0.3, -0.25) is 4.79 Å². The third kappa shape index (κ3) is 2.92. The van der Waals surface area contributed by atoms with Crippen LogP contribution in [0.5, 0.6) is 0 Å². The highest BCUT2D eigenvalue weighted by Crippen LogP contribution is 2.18. The highest BCUT2D eigenvalue weighted by atomic mass is 35.5. The predicted molar refractivity (Wildman–Crippen MR) is 56.2 cm³/mol. The van der Waals surface area contributed by atoms with Crippen molar-refractivity contribution in [1.29, 1.82) is 0 Å². The Labute approximate surface area is 87.8 Å². The maximum Gasteiger partial charge on any atom is 0.310 e. The molecule has 0 atom stereocenters. The molecule has 0 amide bonds. The molecule has 0 saturated carbocycles. The summed E-state index contributed by atoms with van der Waals surface area (Å²) < 4.78 is 4.80. The highest BCUT2D eigenvalue weighted by Gasteiger charge is 2.07. The Morgan fingerprint density at radius 1 is 1.57 bits per heavy atom. The number of halogens is 1. The van der Waals surface area contributed by atoms with Crippen molar-refractivity contribution >= 4 is 23.3 Å². The lowest BCUT2D eigenvalue weighted by molar-refractivity contribution is -0.142. The molecule has 0 aliphatic heterocycles. The van der Waals surface area contributed by atoms with Crippen molar-refractivity contribution in [2.45, 2.75) is 13.3 Å². The molecule has 76 valence electrons. The first kappa shape index (κ1) is 10.9. The molecule has 0 unspecified atom stereocenters. The molecule has 0 heterocycles. The van der Waals surface area contributed by atoms with Crippen molar-refractivity contribution in [2.24, 2.45) is 0 Å². The van der Waals surface area contributed by atoms with Crippen LogP contribution in [0.1, 0.15) is 12.5 Å². The number of carbonyl (C=O) groups is 1. The smallest absolute Gasteiger partial charge is 0.310 e. The van der Waals surface area contributed by atoms with Crippen LogP contribution in [0.25, 0.3) is 0 Å². The minimum atomic E-state index is -0.290. The fourth-order valence-electron chi connectivity index (χ4n) is 1.09. The van der Waals surface area contributed by atoms with Gasteiger partial charge in [-0.15, -0.1) is 0 Å². The van der Waals surface area contributed by atoms with E-state index in [4.69, 9.17) is 22.1 Å². The van der Waals surface area contributed by atoms with Gasteiger partial charge in [0.25, 0.3) is 0 Å². The Morgan fingerprint density at radius 3 is 2.93 bits per heavy atom. The van der Waals surface area contributed by atoms with Gasteiger partial charge in [0.15, 0.2) is 0 Å². The van der Waals surface area contributed by atoms with Gasteiger partial charge in [-0.1, -0.05) is 11.6 Å². The van der Waals surface area contributed by atoms with E-state index in [1.165, 1.54) is 0 Å². The van der Waals surface area contributed by atoms with Crippen LogP contribution in [0.4, 0.5) is 5.69 Å². The largest absolute Gasteiger partial charge is 0.466 e. The van der Waals surface area contributed by atoms with Gasteiger partial charge in [0, 0.05) is 10.7 Å². The minimum Gasteiger partial charge on any atom is -0.466 e. The lowest BCUT2D eigenvalue weighted by Crippen LogP contribution is -2.09. The third-order valence-corrected chi connectivity index (χ3v) is 1.98. The molecule has 0 aliphatic rings. The number of nitrogen functional groups attached to an aromatic ring is 1. The predicted octanol–water partition coefficient (Wildman–Crippen LogP) is 2.03. The van der Waals surface area contributed by atoms with Gasteiger partial charge in [0.1, 0.15) is 0 Å². The van der Waals surface area contributed by atoms with Gasteiger partial charge in [0.05, 0.1) is 13.0 Å². The number of rotatable bonds is 3. The van der Waals surface area contributed by atoms with Crippen LogP contribution in [0.15, 0.2) is 18.2 Å². The summed E-state index contributed by atoms with van der Waals surface area (Å²) in [5.74, 6) is -0.290. The molecular formula is C10H12ClNO2. The van der Waals surface area contributed by atoms with Crippen LogP contribution in [0.3, 0.4) is 0 Å². The summed E-state index contributed by atoms with van der Waals surface area (Å²) in [4.78, 5) is 11.2. The fourth-order valence-corrected chi connectivity index (χ4v) is 1.29. The van der Waals surface area contributed by atoms with E-state index in [0.29, 0.717) is 22.9 Å². The molecule has 0 aliphatic carbocycles. The first-order chi connectivity index (χ1) is 6.63. The highest BCUT2D eigenvalue weighted by molar-refractivity contribution is 6.30. The molecule has 0 saturated heterocycles. The Morgan fingerprint density at radius 2 is 2.29 bits per heavy atom. The molecule has 14 heavy (non-hydrogen) atoms. The third-order valence-electron chi connectivity index (χ3n) is 1.75. The number of nitrogens with two attached hydrogens (primary N) is 1. The zero-order chi connectivity index (χ0) is 10.6. The molecule has 0 spiro atoms. The van der Waals surface area contributed by atoms with Crippen LogP contribution >= 0.6 is 11.6 Å². The Kier molecular flexibility index (Phi) is 3.77. The van der Waals surface area contributed by atoms with Crippen molar-refractivity contribution in [2.75, 3.05) is 12.3 Å². The van der Waals surface area contributed by atoms with Gasteiger partial charge >= 0.3 is 5.97 Å². The number of carbonyl (C=O) groups excluding carboxylic acids is 1. The van der Waals surface area contributed by atoms with E-state index in [9.17, 15) is 4.79 Å². The molecule has 1 aromatic carbocycles. The van der Waals surface area contributed by atoms with E-state index in [1.54, 1.807) is 25.1 Å². The number of hydrogen-bond donors (Lipinski definition) is 1. The number of ether oxygens (including phenoxy) is 1. The molecule has 0 bridgehead atoms. The van der Waals surface area contributed by atoms with Crippen molar-refractivity contribution in [3.8, 4) is 0 Å². The average Bonchev–Trinajstić information content (AvgIpc) is 2.12. The van der Waals surface area contributed by atoms with E-state index in [1.807, 2.05) is 0 Å². The van der Waals surface area contributed by atoms with Crippen molar-refractivity contribution in [3.63, 3.8) is 0 Å². The second-order valence-electron chi connectivity index (χ2n) is 2.82. The summed E-state index contributed by atoms with van der Waals surface area (Å²) in [6, 6.07) is 5.04. The number of esters is 1. The molecule has 4 heteroatoms. The van der Waals surface area contributed by atoms with Crippen molar-refractivity contribution < 1.29 is 9.53 Å². The van der Waals surface area contributed by atoms with Gasteiger partial charge in [0.2, 0.25) is 0 Å². The Bertz CT molecular complexity index is 339. The topological polar surface area (TPSA) is 52.3 Å². The fraction of sp³-hybridized carbons (Fsp3) is 0.300. The SMILES string of the molecule is CCOC(=O)Cc1cc(Cl)ccc1N. The standard InChI is InChI=1S/C10H12ClNO2/c1-2-14-10(13)6-7-5-8(11)3-4-9(7)12/h3-5H,2,6,12H2,1H3. The Balaban J connectivity index is 2.75. The lowest BCUT2D eigenvalue weighted by atomic mass is 10.1. The zero-order valence-corrected chi connectivity index (χ0v) is 8.67. The second kappa shape index (κ2) is 4.86. The summed E-state index contributed by atoms with van der Waals surface area (Å²) in [6.45, 7) is 2.14. The summed E-state index contributed by atoms with van der Waals surface area (Å²) in [5, 5.41) is 0.568. The molecule has 0 aromatic heterocycles. The maximum absolute atomic E-state index is 11.2. The van der Waals surface area contributed by atoms with Crippen LogP contribution in [-0.2, 0) is 16.0 Å². The number of hydrogen-bond acceptors (Lipinski definition) is 3. The quantitative estimate of drug-likeness (QED) is 0.618. The molecule has 1 rings (SSSR count). The van der Waals surface area contributed by atoms with Gasteiger partial charge in [-0.2, -0.15) is 0 Å². The summed E-state index contributed by atoms with van der Waals surface area (Å²) in [5.41, 5.74) is 6.93. The molecule has 2 N–H and O–H groups in total. The molecular weight excluding hydrogens is 202 g/mol.